The second-order valence-corrected chi connectivity index (χ2v) is 8.31. The van der Waals surface area contributed by atoms with E-state index in [1.807, 2.05) is 6.92 Å². The largest absolute Gasteiger partial charge is 0.310 e. The summed E-state index contributed by atoms with van der Waals surface area (Å²) in [6, 6.07) is 5.68. The van der Waals surface area contributed by atoms with Crippen LogP contribution in [0.25, 0.3) is 0 Å². The van der Waals surface area contributed by atoms with Crippen molar-refractivity contribution in [2.24, 2.45) is 0 Å². The number of hydrogen-bond donors (Lipinski definition) is 1. The molecule has 6 heteroatoms. The highest BCUT2D eigenvalue weighted by Crippen LogP contribution is 2.28. The van der Waals surface area contributed by atoms with E-state index in [-0.39, 0.29) is 6.04 Å². The Hall–Kier alpha value is -0.620. The molecule has 1 aromatic carbocycles. The van der Waals surface area contributed by atoms with Crippen molar-refractivity contribution in [1.29, 1.82) is 0 Å². The third kappa shape index (κ3) is 3.26. The summed E-state index contributed by atoms with van der Waals surface area (Å²) in [6.45, 7) is 3.21. The fourth-order valence-corrected chi connectivity index (χ4v) is 4.72. The number of sulfonamides is 1. The van der Waals surface area contributed by atoms with E-state index in [0.29, 0.717) is 29.0 Å². The van der Waals surface area contributed by atoms with E-state index in [0.717, 1.165) is 18.4 Å². The standard InChI is InChI=1S/C15H21ClN2O2S/c1-11-3-2-8-18(11)21(19,20)14-6-7-15(16)12(9-14)10-17-13-4-5-13/h6-7,9,11,13,17H,2-5,8,10H2,1H3. The van der Waals surface area contributed by atoms with Crippen molar-refractivity contribution in [2.45, 2.75) is 56.1 Å². The Labute approximate surface area is 131 Å². The molecule has 1 heterocycles. The van der Waals surface area contributed by atoms with E-state index in [1.165, 1.54) is 12.8 Å². The highest BCUT2D eigenvalue weighted by atomic mass is 35.5. The van der Waals surface area contributed by atoms with Crippen molar-refractivity contribution < 1.29 is 8.42 Å². The average molecular weight is 329 g/mol. The van der Waals surface area contributed by atoms with E-state index < -0.39 is 10.0 Å². The van der Waals surface area contributed by atoms with Gasteiger partial charge in [0.25, 0.3) is 0 Å². The zero-order chi connectivity index (χ0) is 15.0. The normalized spacial score (nSPS) is 23.6. The lowest BCUT2D eigenvalue weighted by molar-refractivity contribution is 0.408. The molecule has 0 aromatic heterocycles. The van der Waals surface area contributed by atoms with E-state index in [9.17, 15) is 8.42 Å². The van der Waals surface area contributed by atoms with Crippen LogP contribution in [0.5, 0.6) is 0 Å². The Morgan fingerprint density at radius 2 is 2.10 bits per heavy atom. The van der Waals surface area contributed by atoms with Gasteiger partial charge in [0, 0.05) is 30.2 Å². The van der Waals surface area contributed by atoms with E-state index >= 15 is 0 Å². The number of hydrogen-bond acceptors (Lipinski definition) is 3. The minimum absolute atomic E-state index is 0.0821. The number of benzene rings is 1. The van der Waals surface area contributed by atoms with Gasteiger partial charge in [0.2, 0.25) is 10.0 Å². The van der Waals surface area contributed by atoms with Crippen LogP contribution in [0.1, 0.15) is 38.2 Å². The smallest absolute Gasteiger partial charge is 0.243 e. The molecule has 1 atom stereocenters. The molecule has 0 amide bonds. The van der Waals surface area contributed by atoms with Crippen molar-refractivity contribution in [3.63, 3.8) is 0 Å². The molecule has 0 bridgehead atoms. The van der Waals surface area contributed by atoms with Crippen molar-refractivity contribution in [3.05, 3.63) is 28.8 Å². The first-order valence-corrected chi connectivity index (χ1v) is 9.34. The Kier molecular flexibility index (Phi) is 4.28. The fraction of sp³-hybridized carbons (Fsp3) is 0.600. The van der Waals surface area contributed by atoms with Crippen molar-refractivity contribution in [2.75, 3.05) is 6.54 Å². The second-order valence-electron chi connectivity index (χ2n) is 6.02. The van der Waals surface area contributed by atoms with Crippen LogP contribution in [-0.4, -0.2) is 31.4 Å². The second kappa shape index (κ2) is 5.88. The monoisotopic (exact) mass is 328 g/mol. The quantitative estimate of drug-likeness (QED) is 0.904. The molecule has 1 N–H and O–H groups in total. The summed E-state index contributed by atoms with van der Waals surface area (Å²) in [5.41, 5.74) is 0.858. The first-order chi connectivity index (χ1) is 9.98. The van der Waals surface area contributed by atoms with Gasteiger partial charge in [-0.2, -0.15) is 4.31 Å². The average Bonchev–Trinajstić information content (AvgIpc) is 3.17. The van der Waals surface area contributed by atoms with Gasteiger partial charge >= 0.3 is 0 Å². The topological polar surface area (TPSA) is 49.4 Å². The van der Waals surface area contributed by atoms with Gasteiger partial charge < -0.3 is 5.32 Å². The van der Waals surface area contributed by atoms with Crippen LogP contribution in [0.2, 0.25) is 5.02 Å². The molecule has 3 rings (SSSR count). The summed E-state index contributed by atoms with van der Waals surface area (Å²) in [6.07, 6.45) is 4.26. The van der Waals surface area contributed by atoms with Crippen molar-refractivity contribution in [3.8, 4) is 0 Å². The highest BCUT2D eigenvalue weighted by molar-refractivity contribution is 7.89. The molecular formula is C15H21ClN2O2S. The van der Waals surface area contributed by atoms with Crippen molar-refractivity contribution in [1.82, 2.24) is 9.62 Å². The molecule has 0 radical (unpaired) electrons. The van der Waals surface area contributed by atoms with E-state index in [1.54, 1.807) is 22.5 Å². The van der Waals surface area contributed by atoms with Crippen LogP contribution >= 0.6 is 11.6 Å². The zero-order valence-corrected chi connectivity index (χ0v) is 13.8. The summed E-state index contributed by atoms with van der Waals surface area (Å²) in [7, 11) is -3.40. The molecule has 0 spiro atoms. The lowest BCUT2D eigenvalue weighted by atomic mass is 10.2. The maximum absolute atomic E-state index is 12.7. The van der Waals surface area contributed by atoms with Crippen LogP contribution in [0, 0.1) is 0 Å². The molecular weight excluding hydrogens is 308 g/mol. The molecule has 2 aliphatic rings. The molecule has 4 nitrogen and oxygen atoms in total. The van der Waals surface area contributed by atoms with Gasteiger partial charge in [-0.1, -0.05) is 11.6 Å². The third-order valence-electron chi connectivity index (χ3n) is 4.27. The van der Waals surface area contributed by atoms with Gasteiger partial charge in [0.05, 0.1) is 4.90 Å². The Balaban J connectivity index is 1.85. The van der Waals surface area contributed by atoms with Crippen LogP contribution in [0.3, 0.4) is 0 Å². The Bertz CT molecular complexity index is 629. The Morgan fingerprint density at radius 3 is 2.71 bits per heavy atom. The molecule has 1 unspecified atom stereocenters. The SMILES string of the molecule is CC1CCCN1S(=O)(=O)c1ccc(Cl)c(CNC2CC2)c1. The summed E-state index contributed by atoms with van der Waals surface area (Å²) in [4.78, 5) is 0.355. The molecule has 1 saturated carbocycles. The summed E-state index contributed by atoms with van der Waals surface area (Å²) >= 11 is 6.19. The predicted octanol–water partition coefficient (Wildman–Crippen LogP) is 2.77. The zero-order valence-electron chi connectivity index (χ0n) is 12.2. The highest BCUT2D eigenvalue weighted by Gasteiger charge is 2.32. The molecule has 1 aliphatic heterocycles. The van der Waals surface area contributed by atoms with E-state index in [4.69, 9.17) is 11.6 Å². The van der Waals surface area contributed by atoms with Gasteiger partial charge in [-0.15, -0.1) is 0 Å². The lowest BCUT2D eigenvalue weighted by Crippen LogP contribution is -2.33. The number of nitrogens with one attached hydrogen (secondary N) is 1. The molecule has 1 aliphatic carbocycles. The first kappa shape index (κ1) is 15.3. The number of rotatable bonds is 5. The molecule has 1 aromatic rings. The number of nitrogens with zero attached hydrogens (tertiary/aromatic N) is 1. The summed E-state index contributed by atoms with van der Waals surface area (Å²) in [5, 5.41) is 4.00. The van der Waals surface area contributed by atoms with Gasteiger partial charge in [-0.3, -0.25) is 0 Å². The molecule has 116 valence electrons. The third-order valence-corrected chi connectivity index (χ3v) is 6.65. The number of halogens is 1. The van der Waals surface area contributed by atoms with Gasteiger partial charge in [-0.25, -0.2) is 8.42 Å². The minimum atomic E-state index is -3.40. The molecule has 1 saturated heterocycles. The van der Waals surface area contributed by atoms with Crippen LogP contribution in [0.4, 0.5) is 0 Å². The van der Waals surface area contributed by atoms with Gasteiger partial charge in [0.1, 0.15) is 0 Å². The maximum Gasteiger partial charge on any atom is 0.243 e. The van der Waals surface area contributed by atoms with Crippen molar-refractivity contribution >= 4 is 21.6 Å². The Morgan fingerprint density at radius 1 is 1.33 bits per heavy atom. The molecule has 2 fully saturated rings. The predicted molar refractivity (Wildman–Crippen MR) is 83.9 cm³/mol. The lowest BCUT2D eigenvalue weighted by Gasteiger charge is -2.21. The van der Waals surface area contributed by atoms with Gasteiger partial charge in [0.15, 0.2) is 0 Å². The minimum Gasteiger partial charge on any atom is -0.310 e. The molecule has 21 heavy (non-hydrogen) atoms. The summed E-state index contributed by atoms with van der Waals surface area (Å²) in [5.74, 6) is 0. The van der Waals surface area contributed by atoms with Gasteiger partial charge in [-0.05, 0) is 56.4 Å². The summed E-state index contributed by atoms with van der Waals surface area (Å²) < 4.78 is 27.0. The van der Waals surface area contributed by atoms with Crippen LogP contribution in [-0.2, 0) is 16.6 Å². The van der Waals surface area contributed by atoms with E-state index in [2.05, 4.69) is 5.32 Å². The van der Waals surface area contributed by atoms with Crippen LogP contribution in [0.15, 0.2) is 23.1 Å². The van der Waals surface area contributed by atoms with Crippen LogP contribution < -0.4 is 5.32 Å². The maximum atomic E-state index is 12.7. The fourth-order valence-electron chi connectivity index (χ4n) is 2.79. The first-order valence-electron chi connectivity index (χ1n) is 7.52.